The molecule has 2 N–H and O–H groups in total. The Bertz CT molecular complexity index is 779. The molecule has 114 valence electrons. The van der Waals surface area contributed by atoms with Gasteiger partial charge in [0.05, 0.1) is 6.42 Å². The van der Waals surface area contributed by atoms with Crippen LogP contribution in [-0.2, 0) is 16.0 Å². The van der Waals surface area contributed by atoms with E-state index >= 15 is 0 Å². The minimum absolute atomic E-state index is 0.00444. The predicted molar refractivity (Wildman–Crippen MR) is 75.5 cm³/mol. The van der Waals surface area contributed by atoms with Crippen LogP contribution in [0.1, 0.15) is 22.5 Å². The second-order valence-electron chi connectivity index (χ2n) is 4.40. The van der Waals surface area contributed by atoms with Crippen molar-refractivity contribution in [2.75, 3.05) is 6.61 Å². The second-order valence-corrected chi connectivity index (χ2v) is 4.40. The van der Waals surface area contributed by atoms with Gasteiger partial charge in [0.25, 0.3) is 5.56 Å². The maximum absolute atomic E-state index is 11.7. The first-order valence-corrected chi connectivity index (χ1v) is 6.48. The minimum atomic E-state index is -0.718. The quantitative estimate of drug-likeness (QED) is 0.563. The van der Waals surface area contributed by atoms with Gasteiger partial charge in [-0.1, -0.05) is 30.3 Å². The molecule has 0 amide bonds. The van der Waals surface area contributed by atoms with Crippen LogP contribution in [0.5, 0.6) is 0 Å². The number of ether oxygens (including phenoxy) is 1. The van der Waals surface area contributed by atoms with Crippen LogP contribution in [0.4, 0.5) is 0 Å². The summed E-state index contributed by atoms with van der Waals surface area (Å²) in [5.41, 5.74) is -0.901. The van der Waals surface area contributed by atoms with Crippen molar-refractivity contribution in [2.24, 2.45) is 0 Å². The number of rotatable bonds is 6. The zero-order chi connectivity index (χ0) is 15.9. The second kappa shape index (κ2) is 7.11. The van der Waals surface area contributed by atoms with Crippen molar-refractivity contribution in [1.82, 2.24) is 15.2 Å². The fourth-order valence-corrected chi connectivity index (χ4v) is 1.69. The molecule has 0 unspecified atom stereocenters. The molecule has 0 aliphatic carbocycles. The van der Waals surface area contributed by atoms with E-state index in [0.717, 1.165) is 0 Å². The summed E-state index contributed by atoms with van der Waals surface area (Å²) in [6, 6.07) is 8.45. The highest BCUT2D eigenvalue weighted by atomic mass is 16.5. The molecule has 1 aromatic heterocycles. The van der Waals surface area contributed by atoms with Gasteiger partial charge in [-0.15, -0.1) is 0 Å². The Morgan fingerprint density at radius 3 is 2.55 bits per heavy atom. The molecule has 22 heavy (non-hydrogen) atoms. The summed E-state index contributed by atoms with van der Waals surface area (Å²) in [4.78, 5) is 47.4. The van der Waals surface area contributed by atoms with Crippen molar-refractivity contribution < 1.29 is 14.3 Å². The summed E-state index contributed by atoms with van der Waals surface area (Å²) in [7, 11) is 0. The van der Waals surface area contributed by atoms with Crippen molar-refractivity contribution in [2.45, 2.75) is 12.8 Å². The van der Waals surface area contributed by atoms with Crippen molar-refractivity contribution >= 4 is 11.8 Å². The van der Waals surface area contributed by atoms with Crippen LogP contribution in [0.25, 0.3) is 0 Å². The molecule has 1 heterocycles. The molecule has 1 aromatic carbocycles. The number of carbonyl (C=O) groups is 2. The molecule has 0 radical (unpaired) electrons. The summed E-state index contributed by atoms with van der Waals surface area (Å²) >= 11 is 0. The van der Waals surface area contributed by atoms with Gasteiger partial charge >= 0.3 is 11.7 Å². The van der Waals surface area contributed by atoms with E-state index in [-0.39, 0.29) is 30.9 Å². The third-order valence-corrected chi connectivity index (χ3v) is 2.81. The molecule has 0 saturated carbocycles. The molecule has 0 aliphatic heterocycles. The van der Waals surface area contributed by atoms with Crippen LogP contribution < -0.4 is 11.2 Å². The molecule has 8 nitrogen and oxygen atoms in total. The van der Waals surface area contributed by atoms with Crippen molar-refractivity contribution in [3.8, 4) is 0 Å². The van der Waals surface area contributed by atoms with Crippen LogP contribution in [-0.4, -0.2) is 33.5 Å². The number of aromatic nitrogens is 3. The highest BCUT2D eigenvalue weighted by Gasteiger charge is 2.11. The predicted octanol–water partition coefficient (Wildman–Crippen LogP) is -0.183. The normalized spacial score (nSPS) is 10.2. The molecule has 8 heteroatoms. The third-order valence-electron chi connectivity index (χ3n) is 2.81. The van der Waals surface area contributed by atoms with Gasteiger partial charge < -0.3 is 4.74 Å². The summed E-state index contributed by atoms with van der Waals surface area (Å²) < 4.78 is 4.84. The standard InChI is InChI=1S/C14H13N3O5/c18-11(9-4-2-1-3-5-9)8-22-12(19)7-6-10-13(20)15-14(21)17-16-10/h1-5H,6-8H2,(H2,15,17,20,21). The summed E-state index contributed by atoms with van der Waals surface area (Å²) in [6.07, 6.45) is -0.116. The SMILES string of the molecule is O=C(CCc1n[nH]c(=O)[nH]c1=O)OCC(=O)c1ccccc1. The first kappa shape index (κ1) is 15.4. The van der Waals surface area contributed by atoms with Crippen LogP contribution >= 0.6 is 0 Å². The van der Waals surface area contributed by atoms with Gasteiger partial charge in [0.2, 0.25) is 0 Å². The molecule has 0 aliphatic rings. The number of hydrogen-bond donors (Lipinski definition) is 2. The van der Waals surface area contributed by atoms with E-state index < -0.39 is 17.2 Å². The first-order valence-electron chi connectivity index (χ1n) is 6.48. The third kappa shape index (κ3) is 4.23. The maximum Gasteiger partial charge on any atom is 0.342 e. The molecule has 2 rings (SSSR count). The Morgan fingerprint density at radius 2 is 1.86 bits per heavy atom. The molecular weight excluding hydrogens is 290 g/mol. The fraction of sp³-hybridized carbons (Fsp3) is 0.214. The highest BCUT2D eigenvalue weighted by molar-refractivity contribution is 5.97. The van der Waals surface area contributed by atoms with E-state index in [0.29, 0.717) is 5.56 Å². The van der Waals surface area contributed by atoms with Gasteiger partial charge in [-0.05, 0) is 0 Å². The number of nitrogens with zero attached hydrogens (tertiary/aromatic N) is 1. The number of nitrogens with one attached hydrogen (secondary N) is 2. The fourth-order valence-electron chi connectivity index (χ4n) is 1.69. The monoisotopic (exact) mass is 303 g/mol. The largest absolute Gasteiger partial charge is 0.457 e. The smallest absolute Gasteiger partial charge is 0.342 e. The molecule has 0 spiro atoms. The van der Waals surface area contributed by atoms with Crippen molar-refractivity contribution in [3.05, 3.63) is 62.4 Å². The van der Waals surface area contributed by atoms with Gasteiger partial charge in [-0.25, -0.2) is 9.89 Å². The molecular formula is C14H13N3O5. The lowest BCUT2D eigenvalue weighted by atomic mass is 10.1. The Balaban J connectivity index is 1.82. The van der Waals surface area contributed by atoms with E-state index in [1.54, 1.807) is 30.3 Å². The van der Waals surface area contributed by atoms with Gasteiger partial charge in [0, 0.05) is 12.0 Å². The average molecular weight is 303 g/mol. The van der Waals surface area contributed by atoms with E-state index in [4.69, 9.17) is 4.74 Å². The number of ketones is 1. The van der Waals surface area contributed by atoms with Crippen molar-refractivity contribution in [1.29, 1.82) is 0 Å². The van der Waals surface area contributed by atoms with Gasteiger partial charge in [0.15, 0.2) is 12.4 Å². The molecule has 0 bridgehead atoms. The molecule has 0 atom stereocenters. The number of aromatic amines is 2. The van der Waals surface area contributed by atoms with Crippen LogP contribution in [0, 0.1) is 0 Å². The van der Waals surface area contributed by atoms with Crippen LogP contribution in [0.2, 0.25) is 0 Å². The number of H-pyrrole nitrogens is 2. The molecule has 0 saturated heterocycles. The number of benzene rings is 1. The summed E-state index contributed by atoms with van der Waals surface area (Å²) in [5.74, 6) is -0.939. The Labute approximate surface area is 124 Å². The van der Waals surface area contributed by atoms with Crippen molar-refractivity contribution in [3.63, 3.8) is 0 Å². The summed E-state index contributed by atoms with van der Waals surface area (Å²) in [5, 5.41) is 5.61. The lowest BCUT2D eigenvalue weighted by Crippen LogP contribution is -2.27. The average Bonchev–Trinajstić information content (AvgIpc) is 2.52. The Kier molecular flexibility index (Phi) is 4.97. The zero-order valence-corrected chi connectivity index (χ0v) is 11.5. The number of aryl methyl sites for hydroxylation is 1. The van der Waals surface area contributed by atoms with E-state index in [1.807, 2.05) is 4.98 Å². The Morgan fingerprint density at radius 1 is 1.14 bits per heavy atom. The lowest BCUT2D eigenvalue weighted by Gasteiger charge is -2.04. The van der Waals surface area contributed by atoms with E-state index in [1.165, 1.54) is 0 Å². The van der Waals surface area contributed by atoms with E-state index in [9.17, 15) is 19.2 Å². The first-order chi connectivity index (χ1) is 10.6. The lowest BCUT2D eigenvalue weighted by molar-refractivity contribution is -0.142. The molecule has 0 fully saturated rings. The number of esters is 1. The van der Waals surface area contributed by atoms with Gasteiger partial charge in [-0.3, -0.25) is 19.4 Å². The molecule has 2 aromatic rings. The topological polar surface area (TPSA) is 122 Å². The van der Waals surface area contributed by atoms with Gasteiger partial charge in [-0.2, -0.15) is 5.10 Å². The van der Waals surface area contributed by atoms with Crippen LogP contribution in [0.3, 0.4) is 0 Å². The number of Topliss-reactive ketones (excluding diaryl/α,β-unsaturated/α-hetero) is 1. The van der Waals surface area contributed by atoms with E-state index in [2.05, 4.69) is 10.2 Å². The Hall–Kier alpha value is -3.03. The minimum Gasteiger partial charge on any atom is -0.457 e. The maximum atomic E-state index is 11.7. The number of hydrogen-bond acceptors (Lipinski definition) is 6. The van der Waals surface area contributed by atoms with Crippen LogP contribution in [0.15, 0.2) is 39.9 Å². The highest BCUT2D eigenvalue weighted by Crippen LogP contribution is 2.01. The van der Waals surface area contributed by atoms with Gasteiger partial charge in [0.1, 0.15) is 5.69 Å². The summed E-state index contributed by atoms with van der Waals surface area (Å²) in [6.45, 7) is -0.363. The number of carbonyl (C=O) groups excluding carboxylic acids is 2. The zero-order valence-electron chi connectivity index (χ0n) is 11.5.